The molecule has 3 rings (SSSR count). The Morgan fingerprint density at radius 1 is 1.42 bits per heavy atom. The number of ether oxygens (including phenoxy) is 1. The number of fused-ring (bicyclic) bond motifs is 1. The van der Waals surface area contributed by atoms with Gasteiger partial charge in [-0.05, 0) is 38.3 Å². The Morgan fingerprint density at radius 2 is 2.25 bits per heavy atom. The summed E-state index contributed by atoms with van der Waals surface area (Å²) < 4.78 is 7.44. The molecular formula is C18H22N2O3S. The lowest BCUT2D eigenvalue weighted by molar-refractivity contribution is -0.117. The summed E-state index contributed by atoms with van der Waals surface area (Å²) in [7, 11) is 0. The van der Waals surface area contributed by atoms with Gasteiger partial charge in [-0.1, -0.05) is 23.9 Å². The molecule has 1 fully saturated rings. The summed E-state index contributed by atoms with van der Waals surface area (Å²) in [5.41, 5.74) is 0.713. The van der Waals surface area contributed by atoms with Crippen LogP contribution >= 0.6 is 11.8 Å². The van der Waals surface area contributed by atoms with Crippen LogP contribution in [0.4, 0.5) is 0 Å². The minimum atomic E-state index is -0.00910. The van der Waals surface area contributed by atoms with Crippen molar-refractivity contribution >= 4 is 28.4 Å². The van der Waals surface area contributed by atoms with Crippen LogP contribution in [0, 0.1) is 0 Å². The van der Waals surface area contributed by atoms with Crippen molar-refractivity contribution < 1.29 is 9.53 Å². The van der Waals surface area contributed by atoms with Gasteiger partial charge in [0, 0.05) is 18.8 Å². The van der Waals surface area contributed by atoms with Gasteiger partial charge in [0.05, 0.1) is 23.6 Å². The van der Waals surface area contributed by atoms with Crippen molar-refractivity contribution in [1.29, 1.82) is 0 Å². The number of carbonyl (C=O) groups is 1. The smallest absolute Gasteiger partial charge is 0.262 e. The highest BCUT2D eigenvalue weighted by atomic mass is 32.2. The van der Waals surface area contributed by atoms with Crippen LogP contribution in [0.1, 0.15) is 32.6 Å². The summed E-state index contributed by atoms with van der Waals surface area (Å²) in [5.74, 6) is 0.967. The molecule has 0 radical (unpaired) electrons. The third-order valence-electron chi connectivity index (χ3n) is 4.14. The maximum Gasteiger partial charge on any atom is 0.262 e. The van der Waals surface area contributed by atoms with E-state index in [9.17, 15) is 9.59 Å². The van der Waals surface area contributed by atoms with E-state index in [1.54, 1.807) is 23.3 Å². The van der Waals surface area contributed by atoms with Gasteiger partial charge >= 0.3 is 0 Å². The zero-order valence-electron chi connectivity index (χ0n) is 13.9. The Balaban J connectivity index is 1.88. The van der Waals surface area contributed by atoms with Crippen LogP contribution in [-0.2, 0) is 16.1 Å². The molecule has 1 aromatic carbocycles. The second-order valence-corrected chi connectivity index (χ2v) is 7.18. The molecule has 1 aromatic heterocycles. The van der Waals surface area contributed by atoms with Crippen LogP contribution < -0.4 is 5.56 Å². The van der Waals surface area contributed by atoms with Gasteiger partial charge in [-0.3, -0.25) is 9.36 Å². The van der Waals surface area contributed by atoms with Gasteiger partial charge in [0.25, 0.3) is 5.56 Å². The van der Waals surface area contributed by atoms with E-state index in [0.29, 0.717) is 18.4 Å². The molecule has 0 N–H and O–H groups in total. The molecule has 5 nitrogen and oxygen atoms in total. The molecule has 0 bridgehead atoms. The second kappa shape index (κ2) is 7.94. The first-order chi connectivity index (χ1) is 11.6. The molecule has 1 saturated heterocycles. The van der Waals surface area contributed by atoms with E-state index in [2.05, 4.69) is 4.98 Å². The number of para-hydroxylation sites is 1. The van der Waals surface area contributed by atoms with Crippen LogP contribution in [-0.4, -0.2) is 33.8 Å². The van der Waals surface area contributed by atoms with E-state index in [0.717, 1.165) is 42.3 Å². The molecule has 0 amide bonds. The monoisotopic (exact) mass is 346 g/mol. The Labute approximate surface area is 145 Å². The molecule has 1 aliphatic rings. The molecule has 0 spiro atoms. The molecule has 2 aromatic rings. The average molecular weight is 346 g/mol. The topological polar surface area (TPSA) is 61.2 Å². The summed E-state index contributed by atoms with van der Waals surface area (Å²) >= 11 is 1.55. The van der Waals surface area contributed by atoms with Crippen LogP contribution in [0.25, 0.3) is 10.9 Å². The predicted molar refractivity (Wildman–Crippen MR) is 95.6 cm³/mol. The van der Waals surface area contributed by atoms with Crippen molar-refractivity contribution in [2.45, 2.75) is 50.4 Å². The molecule has 0 aliphatic carbocycles. The maximum atomic E-state index is 12.9. The van der Waals surface area contributed by atoms with Crippen molar-refractivity contribution in [3.8, 4) is 0 Å². The van der Waals surface area contributed by atoms with Gasteiger partial charge in [-0.15, -0.1) is 0 Å². The normalized spacial score (nSPS) is 17.5. The number of nitrogens with zero attached hydrogens (tertiary/aromatic N) is 2. The zero-order chi connectivity index (χ0) is 16.9. The van der Waals surface area contributed by atoms with E-state index < -0.39 is 0 Å². The molecule has 1 unspecified atom stereocenters. The number of ketones is 1. The Bertz CT molecular complexity index is 781. The fourth-order valence-electron chi connectivity index (χ4n) is 2.90. The second-order valence-electron chi connectivity index (χ2n) is 6.12. The molecule has 1 aliphatic heterocycles. The van der Waals surface area contributed by atoms with Gasteiger partial charge in [-0.25, -0.2) is 4.98 Å². The van der Waals surface area contributed by atoms with E-state index in [1.807, 2.05) is 24.3 Å². The van der Waals surface area contributed by atoms with E-state index in [4.69, 9.17) is 4.74 Å². The molecular weight excluding hydrogens is 324 g/mol. The number of carbonyl (C=O) groups excluding carboxylic acids is 1. The van der Waals surface area contributed by atoms with Crippen molar-refractivity contribution in [2.75, 3.05) is 12.4 Å². The standard InChI is InChI=1S/C18H22N2O3S/c1-13(21)6-5-11-24-18-19-16-9-3-2-8-15(16)17(22)20(18)12-14-7-4-10-23-14/h2-3,8-9,14H,4-7,10-12H2,1H3. The highest BCUT2D eigenvalue weighted by Crippen LogP contribution is 2.21. The molecule has 6 heteroatoms. The lowest BCUT2D eigenvalue weighted by Crippen LogP contribution is -2.28. The van der Waals surface area contributed by atoms with Gasteiger partial charge in [0.2, 0.25) is 0 Å². The quantitative estimate of drug-likeness (QED) is 0.438. The molecule has 2 heterocycles. The van der Waals surface area contributed by atoms with Crippen molar-refractivity contribution in [1.82, 2.24) is 9.55 Å². The first-order valence-electron chi connectivity index (χ1n) is 8.38. The molecule has 0 saturated carbocycles. The fourth-order valence-corrected chi connectivity index (χ4v) is 3.84. The Morgan fingerprint density at radius 3 is 3.00 bits per heavy atom. The lowest BCUT2D eigenvalue weighted by Gasteiger charge is -2.16. The lowest BCUT2D eigenvalue weighted by atomic mass is 10.2. The van der Waals surface area contributed by atoms with Gasteiger partial charge in [0.15, 0.2) is 5.16 Å². The number of benzene rings is 1. The van der Waals surface area contributed by atoms with Crippen molar-refractivity contribution in [3.63, 3.8) is 0 Å². The number of aromatic nitrogens is 2. The third-order valence-corrected chi connectivity index (χ3v) is 5.20. The SMILES string of the molecule is CC(=O)CCCSc1nc2ccccc2c(=O)n1CC1CCCO1. The number of hydrogen-bond acceptors (Lipinski definition) is 5. The number of Topliss-reactive ketones (excluding diaryl/α,β-unsaturated/α-hetero) is 1. The van der Waals surface area contributed by atoms with Crippen LogP contribution in [0.3, 0.4) is 0 Å². The van der Waals surface area contributed by atoms with E-state index >= 15 is 0 Å². The molecule has 128 valence electrons. The largest absolute Gasteiger partial charge is 0.376 e. The Kier molecular flexibility index (Phi) is 5.68. The summed E-state index contributed by atoms with van der Waals surface area (Å²) in [6.07, 6.45) is 3.47. The fraction of sp³-hybridized carbons (Fsp3) is 0.500. The maximum absolute atomic E-state index is 12.9. The number of thioether (sulfide) groups is 1. The molecule has 1 atom stereocenters. The molecule has 24 heavy (non-hydrogen) atoms. The predicted octanol–water partition coefficient (Wildman–Crippen LogP) is 3.04. The van der Waals surface area contributed by atoms with Gasteiger partial charge in [-0.2, -0.15) is 0 Å². The van der Waals surface area contributed by atoms with Crippen LogP contribution in [0.2, 0.25) is 0 Å². The van der Waals surface area contributed by atoms with Crippen LogP contribution in [0.15, 0.2) is 34.2 Å². The van der Waals surface area contributed by atoms with E-state index in [1.165, 1.54) is 0 Å². The third kappa shape index (κ3) is 4.05. The zero-order valence-corrected chi connectivity index (χ0v) is 14.7. The summed E-state index contributed by atoms with van der Waals surface area (Å²) in [5, 5.41) is 1.36. The summed E-state index contributed by atoms with van der Waals surface area (Å²) in [6, 6.07) is 7.44. The average Bonchev–Trinajstić information content (AvgIpc) is 3.08. The first kappa shape index (κ1) is 17.2. The van der Waals surface area contributed by atoms with E-state index in [-0.39, 0.29) is 17.4 Å². The van der Waals surface area contributed by atoms with Crippen molar-refractivity contribution in [3.05, 3.63) is 34.6 Å². The summed E-state index contributed by atoms with van der Waals surface area (Å²) in [6.45, 7) is 2.92. The van der Waals surface area contributed by atoms with Gasteiger partial charge in [0.1, 0.15) is 5.78 Å². The van der Waals surface area contributed by atoms with Crippen molar-refractivity contribution in [2.24, 2.45) is 0 Å². The minimum Gasteiger partial charge on any atom is -0.376 e. The summed E-state index contributed by atoms with van der Waals surface area (Å²) in [4.78, 5) is 28.6. The van der Waals surface area contributed by atoms with Gasteiger partial charge < -0.3 is 9.53 Å². The van der Waals surface area contributed by atoms with Crippen LogP contribution in [0.5, 0.6) is 0 Å². The Hall–Kier alpha value is -1.66. The highest BCUT2D eigenvalue weighted by Gasteiger charge is 2.20. The minimum absolute atomic E-state index is 0.00910. The number of rotatable bonds is 7. The first-order valence-corrected chi connectivity index (χ1v) is 9.37. The highest BCUT2D eigenvalue weighted by molar-refractivity contribution is 7.99. The number of hydrogen-bond donors (Lipinski definition) is 0.